The highest BCUT2D eigenvalue weighted by Gasteiger charge is 2.25. The fourth-order valence-corrected chi connectivity index (χ4v) is 4.43. The molecule has 168 valence electrons. The van der Waals surface area contributed by atoms with Crippen LogP contribution in [-0.2, 0) is 0 Å². The lowest BCUT2D eigenvalue weighted by atomic mass is 10.1. The molecule has 0 saturated carbocycles. The fourth-order valence-electron chi connectivity index (χ4n) is 3.50. The van der Waals surface area contributed by atoms with E-state index in [9.17, 15) is 4.79 Å². The molecule has 2 aromatic carbocycles. The SMILES string of the molecule is COc1ccc(C(=O)C(C)Sc2nnc(-c3ccncc3)n2-c2ccccc2C)c(OC)c1. The van der Waals surface area contributed by atoms with Crippen molar-refractivity contribution in [2.45, 2.75) is 24.3 Å². The molecule has 0 bridgehead atoms. The van der Waals surface area contributed by atoms with Crippen molar-refractivity contribution in [2.75, 3.05) is 14.2 Å². The van der Waals surface area contributed by atoms with Crippen LogP contribution in [0.4, 0.5) is 0 Å². The van der Waals surface area contributed by atoms with Gasteiger partial charge in [-0.15, -0.1) is 10.2 Å². The summed E-state index contributed by atoms with van der Waals surface area (Å²) < 4.78 is 12.7. The predicted molar refractivity (Wildman–Crippen MR) is 129 cm³/mol. The van der Waals surface area contributed by atoms with Crippen LogP contribution in [-0.4, -0.2) is 45.0 Å². The topological polar surface area (TPSA) is 79.1 Å². The minimum absolute atomic E-state index is 0.0655. The molecule has 1 atom stereocenters. The van der Waals surface area contributed by atoms with E-state index in [1.165, 1.54) is 11.8 Å². The summed E-state index contributed by atoms with van der Waals surface area (Å²) in [5.74, 6) is 1.73. The van der Waals surface area contributed by atoms with Gasteiger partial charge in [-0.05, 0) is 49.7 Å². The third kappa shape index (κ3) is 4.61. The molecule has 0 amide bonds. The molecule has 2 aromatic heterocycles. The van der Waals surface area contributed by atoms with Crippen molar-refractivity contribution in [3.8, 4) is 28.6 Å². The van der Waals surface area contributed by atoms with Crippen LogP contribution in [0.25, 0.3) is 17.1 Å². The molecule has 8 heteroatoms. The van der Waals surface area contributed by atoms with Crippen molar-refractivity contribution in [2.24, 2.45) is 0 Å². The van der Waals surface area contributed by atoms with E-state index in [4.69, 9.17) is 9.47 Å². The summed E-state index contributed by atoms with van der Waals surface area (Å²) in [5.41, 5.74) is 3.42. The van der Waals surface area contributed by atoms with Crippen molar-refractivity contribution in [1.29, 1.82) is 0 Å². The standard InChI is InChI=1S/C25H24N4O3S/c1-16-7-5-6-8-21(16)29-24(18-11-13-26-14-12-18)27-28-25(29)33-17(2)23(30)20-10-9-19(31-3)15-22(20)32-4/h5-15,17H,1-4H3. The molecule has 4 aromatic rings. The molecule has 1 unspecified atom stereocenters. The van der Waals surface area contributed by atoms with E-state index < -0.39 is 5.25 Å². The average molecular weight is 461 g/mol. The van der Waals surface area contributed by atoms with Gasteiger partial charge < -0.3 is 9.47 Å². The maximum absolute atomic E-state index is 13.3. The van der Waals surface area contributed by atoms with Gasteiger partial charge in [0.05, 0.1) is 30.7 Å². The lowest BCUT2D eigenvalue weighted by Crippen LogP contribution is -2.16. The van der Waals surface area contributed by atoms with Crippen molar-refractivity contribution in [3.63, 3.8) is 0 Å². The molecule has 0 aliphatic heterocycles. The highest BCUT2D eigenvalue weighted by Crippen LogP contribution is 2.34. The first-order valence-electron chi connectivity index (χ1n) is 10.4. The summed E-state index contributed by atoms with van der Waals surface area (Å²) in [7, 11) is 3.12. The molecule has 0 N–H and O–H groups in total. The van der Waals surface area contributed by atoms with E-state index in [1.54, 1.807) is 44.8 Å². The van der Waals surface area contributed by atoms with Crippen molar-refractivity contribution < 1.29 is 14.3 Å². The Balaban J connectivity index is 1.72. The van der Waals surface area contributed by atoms with Crippen LogP contribution >= 0.6 is 11.8 Å². The molecule has 33 heavy (non-hydrogen) atoms. The van der Waals surface area contributed by atoms with E-state index in [0.29, 0.717) is 28.0 Å². The van der Waals surface area contributed by atoms with Crippen molar-refractivity contribution in [3.05, 3.63) is 78.1 Å². The summed E-state index contributed by atoms with van der Waals surface area (Å²) in [6, 6.07) is 17.0. The largest absolute Gasteiger partial charge is 0.497 e. The molecule has 7 nitrogen and oxygen atoms in total. The number of hydrogen-bond acceptors (Lipinski definition) is 7. The van der Waals surface area contributed by atoms with Crippen LogP contribution in [0.1, 0.15) is 22.8 Å². The lowest BCUT2D eigenvalue weighted by Gasteiger charge is -2.16. The number of thioether (sulfide) groups is 1. The van der Waals surface area contributed by atoms with Gasteiger partial charge in [0, 0.05) is 24.0 Å². The number of nitrogens with zero attached hydrogens (tertiary/aromatic N) is 4. The Morgan fingerprint density at radius 1 is 1.00 bits per heavy atom. The molecule has 0 saturated heterocycles. The van der Waals surface area contributed by atoms with E-state index >= 15 is 0 Å². The van der Waals surface area contributed by atoms with Gasteiger partial charge >= 0.3 is 0 Å². The maximum Gasteiger partial charge on any atom is 0.196 e. The monoisotopic (exact) mass is 460 g/mol. The number of ketones is 1. The summed E-state index contributed by atoms with van der Waals surface area (Å²) in [4.78, 5) is 17.4. The Bertz CT molecular complexity index is 1270. The minimum Gasteiger partial charge on any atom is -0.497 e. The number of rotatable bonds is 8. The van der Waals surface area contributed by atoms with Gasteiger partial charge in [-0.2, -0.15) is 0 Å². The zero-order valence-electron chi connectivity index (χ0n) is 18.9. The Morgan fingerprint density at radius 2 is 1.76 bits per heavy atom. The zero-order chi connectivity index (χ0) is 23.4. The number of hydrogen-bond donors (Lipinski definition) is 0. The van der Waals surface area contributed by atoms with E-state index in [2.05, 4.69) is 15.2 Å². The highest BCUT2D eigenvalue weighted by molar-refractivity contribution is 8.00. The molecule has 2 heterocycles. The number of para-hydroxylation sites is 1. The van der Waals surface area contributed by atoms with E-state index in [0.717, 1.165) is 16.8 Å². The van der Waals surface area contributed by atoms with Crippen LogP contribution in [0.15, 0.2) is 72.1 Å². The van der Waals surface area contributed by atoms with Crippen molar-refractivity contribution in [1.82, 2.24) is 19.7 Å². The third-order valence-corrected chi connectivity index (χ3v) is 6.30. The van der Waals surface area contributed by atoms with Crippen LogP contribution < -0.4 is 9.47 Å². The number of aromatic nitrogens is 4. The number of carbonyl (C=O) groups is 1. The molecule has 0 radical (unpaired) electrons. The van der Waals surface area contributed by atoms with Gasteiger partial charge in [-0.3, -0.25) is 14.3 Å². The van der Waals surface area contributed by atoms with E-state index in [-0.39, 0.29) is 5.78 Å². The number of ether oxygens (including phenoxy) is 2. The highest BCUT2D eigenvalue weighted by atomic mass is 32.2. The Labute approximate surface area is 196 Å². The minimum atomic E-state index is -0.426. The average Bonchev–Trinajstić information content (AvgIpc) is 3.27. The number of benzene rings is 2. The van der Waals surface area contributed by atoms with Gasteiger partial charge in [0.15, 0.2) is 16.8 Å². The molecular weight excluding hydrogens is 436 g/mol. The summed E-state index contributed by atoms with van der Waals surface area (Å²) >= 11 is 1.36. The van der Waals surface area contributed by atoms with Crippen LogP contribution in [0.3, 0.4) is 0 Å². The van der Waals surface area contributed by atoms with Crippen LogP contribution in [0.2, 0.25) is 0 Å². The molecule has 0 fully saturated rings. The van der Waals surface area contributed by atoms with Gasteiger partial charge in [0.1, 0.15) is 11.5 Å². The van der Waals surface area contributed by atoms with Crippen LogP contribution in [0.5, 0.6) is 11.5 Å². The third-order valence-electron chi connectivity index (χ3n) is 5.25. The second kappa shape index (κ2) is 9.87. The maximum atomic E-state index is 13.3. The molecule has 0 aliphatic carbocycles. The molecular formula is C25H24N4O3S. The molecule has 4 rings (SSSR count). The fraction of sp³-hybridized carbons (Fsp3) is 0.200. The number of aryl methyl sites for hydroxylation is 1. The second-order valence-electron chi connectivity index (χ2n) is 7.35. The lowest BCUT2D eigenvalue weighted by molar-refractivity contribution is 0.0991. The zero-order valence-corrected chi connectivity index (χ0v) is 19.7. The quantitative estimate of drug-likeness (QED) is 0.270. The van der Waals surface area contributed by atoms with Gasteiger partial charge in [-0.25, -0.2) is 0 Å². The Hall–Kier alpha value is -3.65. The number of carbonyl (C=O) groups excluding carboxylic acids is 1. The number of Topliss-reactive ketones (excluding diaryl/α,β-unsaturated/α-hetero) is 1. The molecule has 0 spiro atoms. The van der Waals surface area contributed by atoms with Gasteiger partial charge in [0.25, 0.3) is 0 Å². The number of pyridine rings is 1. The van der Waals surface area contributed by atoms with Gasteiger partial charge in [0.2, 0.25) is 0 Å². The summed E-state index contributed by atoms with van der Waals surface area (Å²) in [6.45, 7) is 3.90. The Morgan fingerprint density at radius 3 is 2.45 bits per heavy atom. The number of methoxy groups -OCH3 is 2. The first kappa shape index (κ1) is 22.5. The van der Waals surface area contributed by atoms with Crippen molar-refractivity contribution >= 4 is 17.5 Å². The molecule has 0 aliphatic rings. The van der Waals surface area contributed by atoms with E-state index in [1.807, 2.05) is 54.8 Å². The first-order valence-corrected chi connectivity index (χ1v) is 11.3. The Kier molecular flexibility index (Phi) is 6.74. The first-order chi connectivity index (χ1) is 16.0. The smallest absolute Gasteiger partial charge is 0.196 e. The summed E-state index contributed by atoms with van der Waals surface area (Å²) in [6.07, 6.45) is 3.45. The van der Waals surface area contributed by atoms with Crippen LogP contribution in [0, 0.1) is 6.92 Å². The summed E-state index contributed by atoms with van der Waals surface area (Å²) in [5, 5.41) is 9.11. The second-order valence-corrected chi connectivity index (χ2v) is 8.66. The predicted octanol–water partition coefficient (Wildman–Crippen LogP) is 5.02. The normalized spacial score (nSPS) is 11.8. The van der Waals surface area contributed by atoms with Gasteiger partial charge in [-0.1, -0.05) is 30.0 Å².